The molecule has 5 N–H and O–H groups in total. The Morgan fingerprint density at radius 1 is 0.531 bits per heavy atom. The van der Waals surface area contributed by atoms with Gasteiger partial charge in [0.15, 0.2) is 0 Å². The minimum absolute atomic E-state index is 0.341. The van der Waals surface area contributed by atoms with Crippen LogP contribution < -0.4 is 0 Å². The zero-order valence-electron chi connectivity index (χ0n) is 20.8. The topological polar surface area (TPSA) is 135 Å². The van der Waals surface area contributed by atoms with Crippen LogP contribution in [0.15, 0.2) is 0 Å². The summed E-state index contributed by atoms with van der Waals surface area (Å²) in [7, 11) is 0. The van der Waals surface area contributed by atoms with E-state index in [1.54, 1.807) is 0 Å². The van der Waals surface area contributed by atoms with E-state index in [0.717, 1.165) is 25.7 Å². The van der Waals surface area contributed by atoms with E-state index < -0.39 is 18.0 Å². The molecular weight excluding hydrogens is 412 g/mol. The average Bonchev–Trinajstić information content (AvgIpc) is 2.77. The van der Waals surface area contributed by atoms with Gasteiger partial charge in [-0.2, -0.15) is 0 Å². The van der Waals surface area contributed by atoms with Crippen molar-refractivity contribution < 1.29 is 35.1 Å². The number of aliphatic hydroxyl groups excluding tert-OH is 3. The van der Waals surface area contributed by atoms with Gasteiger partial charge < -0.3 is 25.5 Å². The van der Waals surface area contributed by atoms with Gasteiger partial charge in [-0.1, -0.05) is 104 Å². The van der Waals surface area contributed by atoms with Crippen molar-refractivity contribution >= 4 is 11.9 Å². The number of carboxylic acid groups (broad SMARTS) is 2. The monoisotopic (exact) mass is 464 g/mol. The molecule has 194 valence electrons. The number of hydrogen-bond acceptors (Lipinski definition) is 5. The number of aliphatic carboxylic acids is 2. The van der Waals surface area contributed by atoms with Crippen molar-refractivity contribution in [1.29, 1.82) is 0 Å². The molecule has 7 heteroatoms. The Morgan fingerprint density at radius 3 is 0.969 bits per heavy atom. The van der Waals surface area contributed by atoms with Crippen LogP contribution in [0.25, 0.3) is 0 Å². The lowest BCUT2D eigenvalue weighted by atomic mass is 10.1. The van der Waals surface area contributed by atoms with Gasteiger partial charge in [-0.05, 0) is 12.8 Å². The lowest BCUT2D eigenvalue weighted by Crippen LogP contribution is -2.15. The highest BCUT2D eigenvalue weighted by atomic mass is 16.4. The van der Waals surface area contributed by atoms with Crippen LogP contribution in [0.5, 0.6) is 0 Å². The molecule has 7 nitrogen and oxygen atoms in total. The van der Waals surface area contributed by atoms with Gasteiger partial charge in [0.05, 0.1) is 13.2 Å². The van der Waals surface area contributed by atoms with Gasteiger partial charge in [0.1, 0.15) is 6.10 Å². The van der Waals surface area contributed by atoms with Gasteiger partial charge in [0.25, 0.3) is 0 Å². The molecule has 0 radical (unpaired) electrons. The maximum Gasteiger partial charge on any atom is 0.303 e. The average molecular weight is 465 g/mol. The van der Waals surface area contributed by atoms with Gasteiger partial charge >= 0.3 is 11.9 Å². The molecule has 0 fully saturated rings. The van der Waals surface area contributed by atoms with E-state index in [-0.39, 0.29) is 13.2 Å². The number of aliphatic hydroxyl groups is 3. The molecule has 32 heavy (non-hydrogen) atoms. The number of hydrogen-bond donors (Lipinski definition) is 5. The van der Waals surface area contributed by atoms with Crippen molar-refractivity contribution in [3.63, 3.8) is 0 Å². The molecule has 0 aliphatic carbocycles. The van der Waals surface area contributed by atoms with Crippen molar-refractivity contribution in [2.24, 2.45) is 0 Å². The zero-order chi connectivity index (χ0) is 24.9. The van der Waals surface area contributed by atoms with Gasteiger partial charge in [0, 0.05) is 12.8 Å². The zero-order valence-corrected chi connectivity index (χ0v) is 20.8. The van der Waals surface area contributed by atoms with Crippen molar-refractivity contribution in [2.75, 3.05) is 13.2 Å². The van der Waals surface area contributed by atoms with Crippen LogP contribution in [0, 0.1) is 0 Å². The maximum atomic E-state index is 10.2. The molecule has 0 heterocycles. The standard InChI is InChI=1S/C12H24O2.C10H20O2.C3H8O3/c1-2-3-4-5-6-7-8-9-10-11-12(13)14;1-2-3-4-5-6-7-8-9-10(11)12;4-1-3(6)2-5/h2-11H2,1H3,(H,13,14);2-9H2,1H3,(H,11,12);3-6H,1-2H2. The van der Waals surface area contributed by atoms with Crippen molar-refractivity contribution in [3.05, 3.63) is 0 Å². The first kappa shape index (κ1) is 35.4. The highest BCUT2D eigenvalue weighted by molar-refractivity contribution is 5.66. The summed E-state index contributed by atoms with van der Waals surface area (Å²) >= 11 is 0. The first-order valence-electron chi connectivity index (χ1n) is 12.7. The fourth-order valence-corrected chi connectivity index (χ4v) is 2.88. The molecule has 0 aliphatic rings. The van der Waals surface area contributed by atoms with E-state index in [1.165, 1.54) is 77.0 Å². The Balaban J connectivity index is -0.000000425. The normalized spacial score (nSPS) is 10.2. The Hall–Kier alpha value is -1.18. The number of unbranched alkanes of at least 4 members (excludes halogenated alkanes) is 14. The minimum atomic E-state index is -0.954. The summed E-state index contributed by atoms with van der Waals surface area (Å²) in [5.74, 6) is -1.32. The summed E-state index contributed by atoms with van der Waals surface area (Å²) in [6.45, 7) is 3.70. The van der Waals surface area contributed by atoms with Crippen molar-refractivity contribution in [2.45, 2.75) is 136 Å². The maximum absolute atomic E-state index is 10.2. The summed E-state index contributed by atoms with van der Waals surface area (Å²) in [5.41, 5.74) is 0. The van der Waals surface area contributed by atoms with Crippen LogP contribution in [0.1, 0.15) is 129 Å². The Labute approximate surface area is 196 Å². The Morgan fingerprint density at radius 2 is 0.781 bits per heavy atom. The van der Waals surface area contributed by atoms with Crippen molar-refractivity contribution in [1.82, 2.24) is 0 Å². The number of rotatable bonds is 20. The van der Waals surface area contributed by atoms with Gasteiger partial charge in [-0.3, -0.25) is 9.59 Å². The summed E-state index contributed by atoms with van der Waals surface area (Å²) < 4.78 is 0. The predicted molar refractivity (Wildman–Crippen MR) is 130 cm³/mol. The molecule has 0 aliphatic heterocycles. The minimum Gasteiger partial charge on any atom is -0.481 e. The van der Waals surface area contributed by atoms with E-state index in [1.807, 2.05) is 0 Å². The smallest absolute Gasteiger partial charge is 0.303 e. The van der Waals surface area contributed by atoms with E-state index >= 15 is 0 Å². The molecule has 0 aromatic heterocycles. The number of carboxylic acids is 2. The molecule has 0 atom stereocenters. The molecular formula is C25H52O7. The van der Waals surface area contributed by atoms with Crippen molar-refractivity contribution in [3.8, 4) is 0 Å². The highest BCUT2D eigenvalue weighted by Crippen LogP contribution is 2.10. The van der Waals surface area contributed by atoms with E-state index in [0.29, 0.717) is 12.8 Å². The quantitative estimate of drug-likeness (QED) is 0.149. The molecule has 0 saturated carbocycles. The van der Waals surface area contributed by atoms with Crippen LogP contribution in [0.4, 0.5) is 0 Å². The summed E-state index contributed by atoms with van der Waals surface area (Å²) in [6, 6.07) is 0. The van der Waals surface area contributed by atoms with E-state index in [2.05, 4.69) is 13.8 Å². The molecule has 0 amide bonds. The fourth-order valence-electron chi connectivity index (χ4n) is 2.88. The second-order valence-corrected chi connectivity index (χ2v) is 8.26. The molecule has 0 rings (SSSR count). The van der Waals surface area contributed by atoms with Crippen LogP contribution in [-0.2, 0) is 9.59 Å². The van der Waals surface area contributed by atoms with Gasteiger partial charge in [-0.15, -0.1) is 0 Å². The van der Waals surface area contributed by atoms with Crippen LogP contribution in [0.3, 0.4) is 0 Å². The third-order valence-electron chi connectivity index (χ3n) is 4.91. The summed E-state index contributed by atoms with van der Waals surface area (Å²) in [5, 5.41) is 40.8. The van der Waals surface area contributed by atoms with Crippen LogP contribution in [-0.4, -0.2) is 56.8 Å². The second-order valence-electron chi connectivity index (χ2n) is 8.26. The molecule has 0 bridgehead atoms. The third kappa shape index (κ3) is 42.8. The predicted octanol–water partition coefficient (Wildman–Crippen LogP) is 5.54. The molecule has 0 unspecified atom stereocenters. The molecule has 0 aromatic rings. The molecule has 0 aromatic carbocycles. The third-order valence-corrected chi connectivity index (χ3v) is 4.91. The van der Waals surface area contributed by atoms with E-state index in [4.69, 9.17) is 25.5 Å². The highest BCUT2D eigenvalue weighted by Gasteiger charge is 1.97. The molecule has 0 spiro atoms. The molecule has 0 saturated heterocycles. The van der Waals surface area contributed by atoms with Crippen LogP contribution >= 0.6 is 0 Å². The summed E-state index contributed by atoms with van der Waals surface area (Å²) in [4.78, 5) is 20.3. The largest absolute Gasteiger partial charge is 0.481 e. The summed E-state index contributed by atoms with van der Waals surface area (Å²) in [6.07, 6.45) is 19.2. The van der Waals surface area contributed by atoms with E-state index in [9.17, 15) is 9.59 Å². The van der Waals surface area contributed by atoms with Crippen LogP contribution in [0.2, 0.25) is 0 Å². The lowest BCUT2D eigenvalue weighted by Gasteiger charge is -2.00. The first-order chi connectivity index (χ1) is 15.3. The SMILES string of the molecule is CCCCCCCCCC(=O)O.CCCCCCCCCCCC(=O)O.OCC(O)CO. The Kier molecular flexibility index (Phi) is 35.4. The fraction of sp³-hybridized carbons (Fsp3) is 0.920. The second kappa shape index (κ2) is 32.0. The van der Waals surface area contributed by atoms with Gasteiger partial charge in [-0.25, -0.2) is 0 Å². The first-order valence-corrected chi connectivity index (χ1v) is 12.7. The number of carbonyl (C=O) groups is 2. The lowest BCUT2D eigenvalue weighted by molar-refractivity contribution is -0.138. The Bertz CT molecular complexity index is 371. The van der Waals surface area contributed by atoms with Gasteiger partial charge in [0.2, 0.25) is 0 Å².